The van der Waals surface area contributed by atoms with Gasteiger partial charge in [-0.1, -0.05) is 104 Å². The third kappa shape index (κ3) is 8.52. The van der Waals surface area contributed by atoms with Crippen LogP contribution in [0.1, 0.15) is 27.9 Å². The maximum Gasteiger partial charge on any atom is 0.329 e. The van der Waals surface area contributed by atoms with Gasteiger partial charge in [0, 0.05) is 6.04 Å². The molecular weight excluding hydrogens is 532 g/mol. The fraction of sp³-hybridized carbons (Fsp3) is 0.206. The van der Waals surface area contributed by atoms with Gasteiger partial charge in [-0.2, -0.15) is 0 Å². The van der Waals surface area contributed by atoms with E-state index in [1.54, 1.807) is 24.3 Å². The van der Waals surface area contributed by atoms with Crippen LogP contribution in [0.3, 0.4) is 0 Å². The Morgan fingerprint density at radius 3 is 2.21 bits per heavy atom. The van der Waals surface area contributed by atoms with Crippen LogP contribution < -0.4 is 15.8 Å². The number of rotatable bonds is 14. The van der Waals surface area contributed by atoms with Crippen molar-refractivity contribution in [3.63, 3.8) is 0 Å². The Hall–Kier alpha value is -4.95. The van der Waals surface area contributed by atoms with E-state index in [0.29, 0.717) is 17.6 Å². The van der Waals surface area contributed by atoms with Gasteiger partial charge in [-0.15, -0.1) is 0 Å². The van der Waals surface area contributed by atoms with Crippen molar-refractivity contribution in [3.8, 4) is 5.75 Å². The highest BCUT2D eigenvalue weighted by Gasteiger charge is 2.29. The molecule has 2 unspecified atom stereocenters. The van der Waals surface area contributed by atoms with Crippen LogP contribution in [0.2, 0.25) is 0 Å². The molecule has 8 nitrogen and oxygen atoms in total. The van der Waals surface area contributed by atoms with Crippen LogP contribution in [-0.2, 0) is 32.1 Å². The summed E-state index contributed by atoms with van der Waals surface area (Å²) in [7, 11) is 0. The monoisotopic (exact) mass is 566 g/mol. The summed E-state index contributed by atoms with van der Waals surface area (Å²) in [5.74, 6) is -1.74. The third-order valence-corrected chi connectivity index (χ3v) is 6.46. The number of ether oxygens (including phenoxy) is 3. The van der Waals surface area contributed by atoms with Crippen LogP contribution in [0.5, 0.6) is 5.75 Å². The van der Waals surface area contributed by atoms with Crippen LogP contribution in [0.25, 0.3) is 10.8 Å². The molecule has 4 aromatic rings. The minimum Gasteiger partial charge on any atom is -0.491 e. The Morgan fingerprint density at radius 1 is 0.833 bits per heavy atom. The number of benzene rings is 4. The average molecular weight is 567 g/mol. The minimum absolute atomic E-state index is 0.0182. The average Bonchev–Trinajstić information content (AvgIpc) is 3.01. The molecule has 0 spiro atoms. The second-order valence-corrected chi connectivity index (χ2v) is 9.72. The summed E-state index contributed by atoms with van der Waals surface area (Å²) in [5.41, 5.74) is 8.41. The zero-order valence-corrected chi connectivity index (χ0v) is 23.2. The second-order valence-electron chi connectivity index (χ2n) is 9.72. The van der Waals surface area contributed by atoms with Gasteiger partial charge in [-0.05, 0) is 34.4 Å². The molecule has 4 aromatic carbocycles. The van der Waals surface area contributed by atoms with Crippen molar-refractivity contribution in [1.29, 1.82) is 0 Å². The Morgan fingerprint density at radius 2 is 1.50 bits per heavy atom. The molecule has 0 aromatic heterocycles. The largest absolute Gasteiger partial charge is 0.491 e. The Bertz CT molecular complexity index is 1510. The quantitative estimate of drug-likeness (QED) is 0.167. The molecule has 2 atom stereocenters. The first kappa shape index (κ1) is 30.0. The van der Waals surface area contributed by atoms with Crippen molar-refractivity contribution < 1.29 is 28.6 Å². The van der Waals surface area contributed by atoms with Gasteiger partial charge in [0.25, 0.3) is 5.91 Å². The van der Waals surface area contributed by atoms with Gasteiger partial charge in [0.2, 0.25) is 0 Å². The first-order valence-corrected chi connectivity index (χ1v) is 13.7. The Kier molecular flexibility index (Phi) is 10.8. The van der Waals surface area contributed by atoms with Gasteiger partial charge in [-0.25, -0.2) is 4.79 Å². The van der Waals surface area contributed by atoms with Crippen molar-refractivity contribution in [3.05, 3.63) is 126 Å². The van der Waals surface area contributed by atoms with Gasteiger partial charge in [0.05, 0.1) is 12.0 Å². The van der Waals surface area contributed by atoms with Crippen molar-refractivity contribution in [2.75, 3.05) is 13.2 Å². The van der Waals surface area contributed by atoms with Gasteiger partial charge < -0.3 is 25.3 Å². The molecule has 1 amide bonds. The van der Waals surface area contributed by atoms with E-state index in [0.717, 1.165) is 16.5 Å². The van der Waals surface area contributed by atoms with Gasteiger partial charge in [-0.3, -0.25) is 9.59 Å². The Balaban J connectivity index is 1.55. The van der Waals surface area contributed by atoms with E-state index in [1.165, 1.54) is 6.08 Å². The van der Waals surface area contributed by atoms with E-state index in [-0.39, 0.29) is 31.4 Å². The molecule has 0 radical (unpaired) electrons. The Labute approximate surface area is 245 Å². The molecule has 0 saturated carbocycles. The highest BCUT2D eigenvalue weighted by atomic mass is 16.5. The lowest BCUT2D eigenvalue weighted by atomic mass is 10.0. The molecular formula is C34H34N2O6. The predicted molar refractivity (Wildman–Crippen MR) is 161 cm³/mol. The fourth-order valence-electron chi connectivity index (χ4n) is 4.41. The summed E-state index contributed by atoms with van der Waals surface area (Å²) in [6, 6.07) is 28.2. The van der Waals surface area contributed by atoms with E-state index in [4.69, 9.17) is 19.9 Å². The van der Waals surface area contributed by atoms with Gasteiger partial charge >= 0.3 is 11.9 Å². The summed E-state index contributed by atoms with van der Waals surface area (Å²) in [6.45, 7) is 3.64. The van der Waals surface area contributed by atoms with Gasteiger partial charge in [0.1, 0.15) is 31.6 Å². The zero-order chi connectivity index (χ0) is 29.7. The van der Waals surface area contributed by atoms with Crippen molar-refractivity contribution in [2.45, 2.75) is 31.5 Å². The van der Waals surface area contributed by atoms with Crippen LogP contribution in [0, 0.1) is 0 Å². The summed E-state index contributed by atoms with van der Waals surface area (Å²) in [5, 5.41) is 4.11. The fourth-order valence-corrected chi connectivity index (χ4v) is 4.41. The molecule has 4 rings (SSSR count). The van der Waals surface area contributed by atoms with Crippen molar-refractivity contribution >= 4 is 28.6 Å². The zero-order valence-electron chi connectivity index (χ0n) is 23.2. The lowest BCUT2D eigenvalue weighted by Crippen LogP contribution is -2.43. The van der Waals surface area contributed by atoms with Crippen LogP contribution in [-0.4, -0.2) is 43.1 Å². The van der Waals surface area contributed by atoms with E-state index < -0.39 is 30.3 Å². The topological polar surface area (TPSA) is 117 Å². The summed E-state index contributed by atoms with van der Waals surface area (Å²) in [6.07, 6.45) is 1.59. The smallest absolute Gasteiger partial charge is 0.329 e. The highest BCUT2D eigenvalue weighted by molar-refractivity contribution is 6.10. The molecule has 0 bridgehead atoms. The number of hydrogen-bond acceptors (Lipinski definition) is 7. The number of carbonyl (C=O) groups is 3. The van der Waals surface area contributed by atoms with E-state index in [9.17, 15) is 14.4 Å². The molecule has 0 aliphatic rings. The summed E-state index contributed by atoms with van der Waals surface area (Å²) < 4.78 is 16.6. The van der Waals surface area contributed by atoms with E-state index in [2.05, 4.69) is 11.9 Å². The SMILES string of the molecule is C=CCOC(=O)CC(NC(=O)c1c(OCC(N)Cc2ccccc2)ccc2ccccc12)C(=O)OCc1ccccc1. The number of esters is 2. The normalized spacial score (nSPS) is 12.1. The highest BCUT2D eigenvalue weighted by Crippen LogP contribution is 2.29. The molecule has 216 valence electrons. The van der Waals surface area contributed by atoms with Crippen LogP contribution in [0.4, 0.5) is 0 Å². The maximum atomic E-state index is 13.8. The van der Waals surface area contributed by atoms with Crippen LogP contribution >= 0.6 is 0 Å². The third-order valence-electron chi connectivity index (χ3n) is 6.46. The molecule has 0 fully saturated rings. The van der Waals surface area contributed by atoms with Gasteiger partial charge in [0.15, 0.2) is 0 Å². The number of carbonyl (C=O) groups excluding carboxylic acids is 3. The molecule has 42 heavy (non-hydrogen) atoms. The number of amides is 1. The number of hydrogen-bond donors (Lipinski definition) is 2. The number of nitrogens with two attached hydrogens (primary N) is 1. The second kappa shape index (κ2) is 15.2. The molecule has 3 N–H and O–H groups in total. The summed E-state index contributed by atoms with van der Waals surface area (Å²) in [4.78, 5) is 39.4. The molecule has 0 aliphatic heterocycles. The molecule has 0 heterocycles. The first-order chi connectivity index (χ1) is 20.4. The van der Waals surface area contributed by atoms with Crippen molar-refractivity contribution in [1.82, 2.24) is 5.32 Å². The lowest BCUT2D eigenvalue weighted by Gasteiger charge is -2.20. The van der Waals surface area contributed by atoms with Crippen LogP contribution in [0.15, 0.2) is 110 Å². The molecule has 0 aliphatic carbocycles. The standard InChI is InChI=1S/C34H34N2O6/c1-2-19-40-31(37)21-29(34(39)42-22-25-13-7-4-8-14-25)36-33(38)32-28-16-10-9-15-26(28)17-18-30(32)41-23-27(35)20-24-11-5-3-6-12-24/h2-18,27,29H,1,19-23,35H2,(H,36,38). The number of nitrogens with one attached hydrogen (secondary N) is 1. The lowest BCUT2D eigenvalue weighted by molar-refractivity contribution is -0.152. The van der Waals surface area contributed by atoms with E-state index >= 15 is 0 Å². The van der Waals surface area contributed by atoms with E-state index in [1.807, 2.05) is 72.8 Å². The van der Waals surface area contributed by atoms with Crippen molar-refractivity contribution in [2.24, 2.45) is 5.73 Å². The summed E-state index contributed by atoms with van der Waals surface area (Å²) >= 11 is 0. The molecule has 0 saturated heterocycles. The minimum atomic E-state index is -1.30. The maximum absolute atomic E-state index is 13.8. The predicted octanol–water partition coefficient (Wildman–Crippen LogP) is 4.75. The first-order valence-electron chi connectivity index (χ1n) is 13.7. The number of fused-ring (bicyclic) bond motifs is 1. The molecule has 8 heteroatoms.